The van der Waals surface area contributed by atoms with E-state index in [-0.39, 0.29) is 11.7 Å². The molecule has 0 saturated carbocycles. The average Bonchev–Trinajstić information content (AvgIpc) is 3.19. The molecule has 1 aromatic heterocycles. The van der Waals surface area contributed by atoms with E-state index in [0.717, 1.165) is 39.5 Å². The summed E-state index contributed by atoms with van der Waals surface area (Å²) in [6.07, 6.45) is 0. The lowest BCUT2D eigenvalue weighted by molar-refractivity contribution is -0.113. The Morgan fingerprint density at radius 3 is 2.42 bits per heavy atom. The van der Waals surface area contributed by atoms with E-state index in [9.17, 15) is 4.79 Å². The summed E-state index contributed by atoms with van der Waals surface area (Å²) in [6, 6.07) is 24.1. The summed E-state index contributed by atoms with van der Waals surface area (Å²) >= 11 is 1.38. The molecule has 0 radical (unpaired) electrons. The van der Waals surface area contributed by atoms with E-state index in [1.165, 1.54) is 11.8 Å². The Morgan fingerprint density at radius 1 is 0.903 bits per heavy atom. The van der Waals surface area contributed by atoms with Gasteiger partial charge in [-0.25, -0.2) is 0 Å². The van der Waals surface area contributed by atoms with Crippen LogP contribution in [0.5, 0.6) is 0 Å². The third kappa shape index (κ3) is 4.70. The van der Waals surface area contributed by atoms with Crippen LogP contribution in [0.2, 0.25) is 0 Å². The highest BCUT2D eigenvalue weighted by Gasteiger charge is 2.18. The molecule has 1 amide bonds. The standard InChI is InChI=1S/C25H24N4OS/c1-17-13-14-19(3)22(15-17)26-23(30)16-31-25-28-27-24(21-12-8-7-9-18(21)2)29(25)20-10-5-4-6-11-20/h4-15H,16H2,1-3H3,(H,26,30). The van der Waals surface area contributed by atoms with E-state index in [2.05, 4.69) is 28.5 Å². The molecule has 1 heterocycles. The molecule has 6 heteroatoms. The van der Waals surface area contributed by atoms with E-state index < -0.39 is 0 Å². The summed E-state index contributed by atoms with van der Waals surface area (Å²) in [5.41, 5.74) is 6.10. The van der Waals surface area contributed by atoms with Crippen LogP contribution >= 0.6 is 11.8 Å². The van der Waals surface area contributed by atoms with Gasteiger partial charge in [0, 0.05) is 16.9 Å². The van der Waals surface area contributed by atoms with Gasteiger partial charge in [0.2, 0.25) is 5.91 Å². The number of amides is 1. The zero-order valence-electron chi connectivity index (χ0n) is 17.8. The molecular formula is C25H24N4OS. The first-order valence-electron chi connectivity index (χ1n) is 10.1. The van der Waals surface area contributed by atoms with E-state index in [4.69, 9.17) is 0 Å². The molecule has 0 aliphatic rings. The molecule has 0 aliphatic carbocycles. The summed E-state index contributed by atoms with van der Waals surface area (Å²) in [4.78, 5) is 12.6. The van der Waals surface area contributed by atoms with Crippen molar-refractivity contribution < 1.29 is 4.79 Å². The second-order valence-corrected chi connectivity index (χ2v) is 8.39. The molecule has 3 aromatic carbocycles. The van der Waals surface area contributed by atoms with Crippen molar-refractivity contribution in [2.24, 2.45) is 0 Å². The molecule has 156 valence electrons. The summed E-state index contributed by atoms with van der Waals surface area (Å²) in [7, 11) is 0. The number of hydrogen-bond acceptors (Lipinski definition) is 4. The minimum absolute atomic E-state index is 0.0706. The lowest BCUT2D eigenvalue weighted by Crippen LogP contribution is -2.15. The Hall–Kier alpha value is -3.38. The van der Waals surface area contributed by atoms with Gasteiger partial charge in [-0.1, -0.05) is 66.4 Å². The predicted molar refractivity (Wildman–Crippen MR) is 127 cm³/mol. The number of para-hydroxylation sites is 1. The molecule has 5 nitrogen and oxygen atoms in total. The number of thioether (sulfide) groups is 1. The largest absolute Gasteiger partial charge is 0.325 e. The van der Waals surface area contributed by atoms with Gasteiger partial charge in [0.05, 0.1) is 5.75 Å². The van der Waals surface area contributed by atoms with Crippen LogP contribution in [-0.2, 0) is 4.79 Å². The van der Waals surface area contributed by atoms with Crippen LogP contribution in [0, 0.1) is 20.8 Å². The minimum Gasteiger partial charge on any atom is -0.325 e. The number of benzene rings is 3. The van der Waals surface area contributed by atoms with Gasteiger partial charge < -0.3 is 5.32 Å². The zero-order chi connectivity index (χ0) is 21.8. The monoisotopic (exact) mass is 428 g/mol. The summed E-state index contributed by atoms with van der Waals surface area (Å²) in [5, 5.41) is 12.6. The molecule has 1 N–H and O–H groups in total. The number of rotatable bonds is 6. The second kappa shape index (κ2) is 9.18. The fourth-order valence-electron chi connectivity index (χ4n) is 3.36. The molecule has 0 unspecified atom stereocenters. The van der Waals surface area contributed by atoms with E-state index in [0.29, 0.717) is 5.16 Å². The SMILES string of the molecule is Cc1ccc(C)c(NC(=O)CSc2nnc(-c3ccccc3C)n2-c2ccccc2)c1. The van der Waals surface area contributed by atoms with Gasteiger partial charge in [-0.2, -0.15) is 0 Å². The van der Waals surface area contributed by atoms with Gasteiger partial charge in [-0.3, -0.25) is 9.36 Å². The average molecular weight is 429 g/mol. The molecule has 0 bridgehead atoms. The van der Waals surface area contributed by atoms with Crippen LogP contribution in [0.1, 0.15) is 16.7 Å². The third-order valence-corrected chi connectivity index (χ3v) is 5.96. The highest BCUT2D eigenvalue weighted by atomic mass is 32.2. The minimum atomic E-state index is -0.0706. The van der Waals surface area contributed by atoms with Gasteiger partial charge in [0.15, 0.2) is 11.0 Å². The first-order valence-corrected chi connectivity index (χ1v) is 11.1. The molecule has 4 aromatic rings. The van der Waals surface area contributed by atoms with Crippen molar-refractivity contribution >= 4 is 23.4 Å². The molecule has 4 rings (SSSR count). The van der Waals surface area contributed by atoms with Crippen LogP contribution < -0.4 is 5.32 Å². The molecular weight excluding hydrogens is 404 g/mol. The molecule has 0 atom stereocenters. The van der Waals surface area contributed by atoms with Crippen molar-refractivity contribution in [3.8, 4) is 17.1 Å². The van der Waals surface area contributed by atoms with Crippen molar-refractivity contribution in [3.05, 3.63) is 89.5 Å². The van der Waals surface area contributed by atoms with Gasteiger partial charge in [-0.05, 0) is 55.7 Å². The Bertz CT molecular complexity index is 1220. The highest BCUT2D eigenvalue weighted by molar-refractivity contribution is 7.99. The summed E-state index contributed by atoms with van der Waals surface area (Å²) in [5.74, 6) is 0.937. The lowest BCUT2D eigenvalue weighted by atomic mass is 10.1. The number of carbonyl (C=O) groups is 1. The maximum Gasteiger partial charge on any atom is 0.234 e. The fourth-order valence-corrected chi connectivity index (χ4v) is 4.11. The Morgan fingerprint density at radius 2 is 1.65 bits per heavy atom. The maximum absolute atomic E-state index is 12.6. The third-order valence-electron chi connectivity index (χ3n) is 5.03. The summed E-state index contributed by atoms with van der Waals surface area (Å²) < 4.78 is 2.01. The van der Waals surface area contributed by atoms with Crippen molar-refractivity contribution in [2.45, 2.75) is 25.9 Å². The van der Waals surface area contributed by atoms with Gasteiger partial charge in [0.1, 0.15) is 0 Å². The quantitative estimate of drug-likeness (QED) is 0.407. The number of hydrogen-bond donors (Lipinski definition) is 1. The highest BCUT2D eigenvalue weighted by Crippen LogP contribution is 2.29. The van der Waals surface area contributed by atoms with Crippen LogP contribution in [0.25, 0.3) is 17.1 Å². The number of nitrogens with one attached hydrogen (secondary N) is 1. The van der Waals surface area contributed by atoms with Crippen LogP contribution in [0.3, 0.4) is 0 Å². The number of aromatic nitrogens is 3. The Kier molecular flexibility index (Phi) is 6.18. The fraction of sp³-hybridized carbons (Fsp3) is 0.160. The Balaban J connectivity index is 1.61. The van der Waals surface area contributed by atoms with E-state index in [1.54, 1.807) is 0 Å². The van der Waals surface area contributed by atoms with E-state index in [1.807, 2.05) is 85.1 Å². The van der Waals surface area contributed by atoms with Gasteiger partial charge >= 0.3 is 0 Å². The van der Waals surface area contributed by atoms with E-state index >= 15 is 0 Å². The number of aryl methyl sites for hydroxylation is 3. The summed E-state index contributed by atoms with van der Waals surface area (Å²) in [6.45, 7) is 6.06. The normalized spacial score (nSPS) is 10.8. The number of carbonyl (C=O) groups excluding carboxylic acids is 1. The predicted octanol–water partition coefficient (Wildman–Crippen LogP) is 5.59. The van der Waals surface area contributed by atoms with Crippen LogP contribution in [0.15, 0.2) is 78.0 Å². The van der Waals surface area contributed by atoms with Gasteiger partial charge in [-0.15, -0.1) is 10.2 Å². The molecule has 31 heavy (non-hydrogen) atoms. The Labute approximate surface area is 186 Å². The van der Waals surface area contributed by atoms with Crippen molar-refractivity contribution in [1.29, 1.82) is 0 Å². The molecule has 0 aliphatic heterocycles. The first kappa shape index (κ1) is 20.9. The van der Waals surface area contributed by atoms with Crippen LogP contribution in [0.4, 0.5) is 5.69 Å². The second-order valence-electron chi connectivity index (χ2n) is 7.45. The maximum atomic E-state index is 12.6. The topological polar surface area (TPSA) is 59.8 Å². The van der Waals surface area contributed by atoms with Crippen molar-refractivity contribution in [2.75, 3.05) is 11.1 Å². The lowest BCUT2D eigenvalue weighted by Gasteiger charge is -2.12. The smallest absolute Gasteiger partial charge is 0.234 e. The van der Waals surface area contributed by atoms with Crippen molar-refractivity contribution in [3.63, 3.8) is 0 Å². The molecule has 0 spiro atoms. The molecule has 0 fully saturated rings. The zero-order valence-corrected chi connectivity index (χ0v) is 18.6. The van der Waals surface area contributed by atoms with Crippen LogP contribution in [-0.4, -0.2) is 26.4 Å². The number of nitrogens with zero attached hydrogens (tertiary/aromatic N) is 3. The van der Waals surface area contributed by atoms with Gasteiger partial charge in [0.25, 0.3) is 0 Å². The van der Waals surface area contributed by atoms with Crippen molar-refractivity contribution in [1.82, 2.24) is 14.8 Å². The number of anilines is 1. The first-order chi connectivity index (χ1) is 15.0. The molecule has 0 saturated heterocycles.